The van der Waals surface area contributed by atoms with Crippen LogP contribution in [0.2, 0.25) is 0 Å². The lowest BCUT2D eigenvalue weighted by Gasteiger charge is -2.40. The van der Waals surface area contributed by atoms with Crippen LogP contribution in [0.3, 0.4) is 0 Å². The second kappa shape index (κ2) is 13.7. The standard InChI is InChI=1S/C36H59N5O4/c1-21(37)32(42)28(18-25-14-13-15-25)38-22(2)31-30-27(36(30,8)9)19-41(31)34(43)33(35(5,6)7)40-23(3)39-29(20-45-24(4)44-10)26-16-11-12-17-26/h25-31,33,38-40H,1-4,11-20,37H2,5-10H3/t27-,28?,29+,30?,31?,33?/m0/s1. The molecule has 1 heterocycles. The summed E-state index contributed by atoms with van der Waals surface area (Å²) in [7, 11) is 1.54. The van der Waals surface area contributed by atoms with E-state index in [-0.39, 0.29) is 46.7 Å². The first kappa shape index (κ1) is 34.8. The predicted octanol–water partition coefficient (Wildman–Crippen LogP) is 4.93. The SMILES string of the molecule is C=C(NC(C(=O)N1C[C@H]2C(C1C(=C)NC(CC1CCC1)C(=O)C(=C)N)C2(C)C)C(C)(C)C)N[C@H](COC(=C)OC)C1CCCC1. The molecule has 0 aromatic heterocycles. The number of likely N-dealkylation sites (tertiary alicyclic amines) is 1. The van der Waals surface area contributed by atoms with Crippen LogP contribution in [0.15, 0.2) is 49.5 Å². The van der Waals surface area contributed by atoms with Gasteiger partial charge in [-0.25, -0.2) is 0 Å². The van der Waals surface area contributed by atoms with Crippen LogP contribution in [0, 0.1) is 34.5 Å². The third-order valence-corrected chi connectivity index (χ3v) is 11.0. The highest BCUT2D eigenvalue weighted by molar-refractivity contribution is 5.98. The molecule has 1 amide bonds. The molecular weight excluding hydrogens is 566 g/mol. The Morgan fingerprint density at radius 1 is 1.00 bits per heavy atom. The van der Waals surface area contributed by atoms with Crippen LogP contribution in [-0.4, -0.2) is 61.0 Å². The van der Waals surface area contributed by atoms with Gasteiger partial charge in [-0.15, -0.1) is 0 Å². The minimum atomic E-state index is -0.538. The molecule has 1 aliphatic heterocycles. The smallest absolute Gasteiger partial charge is 0.271 e. The van der Waals surface area contributed by atoms with Crippen molar-refractivity contribution in [1.82, 2.24) is 20.9 Å². The Balaban J connectivity index is 1.50. The minimum absolute atomic E-state index is 0.00734. The Labute approximate surface area is 271 Å². The van der Waals surface area contributed by atoms with Gasteiger partial charge in [0.25, 0.3) is 5.95 Å². The van der Waals surface area contributed by atoms with Gasteiger partial charge in [0, 0.05) is 12.2 Å². The quantitative estimate of drug-likeness (QED) is 0.133. The molecule has 9 heteroatoms. The van der Waals surface area contributed by atoms with E-state index in [1.807, 2.05) is 4.90 Å². The number of Topliss-reactive ketones (excluding diaryl/α,β-unsaturated/α-hetero) is 1. The highest BCUT2D eigenvalue weighted by Crippen LogP contribution is 2.65. The first-order valence-corrected chi connectivity index (χ1v) is 16.9. The number of carbonyl (C=O) groups excluding carboxylic acids is 2. The number of nitrogens with one attached hydrogen (secondary N) is 3. The van der Waals surface area contributed by atoms with Crippen molar-refractivity contribution in [2.45, 2.75) is 110 Å². The van der Waals surface area contributed by atoms with Crippen LogP contribution in [0.1, 0.15) is 86.0 Å². The molecule has 1 saturated heterocycles. The number of hydrogen-bond donors (Lipinski definition) is 4. The summed E-state index contributed by atoms with van der Waals surface area (Å²) >= 11 is 0. The second-order valence-corrected chi connectivity index (χ2v) is 15.6. The number of nitrogens with zero attached hydrogens (tertiary/aromatic N) is 1. The third kappa shape index (κ3) is 7.83. The van der Waals surface area contributed by atoms with E-state index >= 15 is 0 Å². The van der Waals surface area contributed by atoms with Crippen molar-refractivity contribution in [1.29, 1.82) is 0 Å². The number of nitrogens with two attached hydrogens (primary N) is 1. The number of amides is 1. The van der Waals surface area contributed by atoms with Crippen molar-refractivity contribution in [2.75, 3.05) is 20.3 Å². The van der Waals surface area contributed by atoms with Gasteiger partial charge >= 0.3 is 0 Å². The highest BCUT2D eigenvalue weighted by atomic mass is 16.7. The molecule has 4 unspecified atom stereocenters. The minimum Gasteiger partial charge on any atom is -0.469 e. The van der Waals surface area contributed by atoms with E-state index in [0.29, 0.717) is 48.8 Å². The maximum absolute atomic E-state index is 14.5. The number of piperidine rings is 1. The van der Waals surface area contributed by atoms with Crippen molar-refractivity contribution in [3.8, 4) is 0 Å². The fourth-order valence-corrected chi connectivity index (χ4v) is 7.89. The summed E-state index contributed by atoms with van der Waals surface area (Å²) in [5.74, 6) is 2.26. The van der Waals surface area contributed by atoms with Crippen molar-refractivity contribution < 1.29 is 19.1 Å². The summed E-state index contributed by atoms with van der Waals surface area (Å²) in [5, 5.41) is 10.5. The molecule has 252 valence electrons. The van der Waals surface area contributed by atoms with Gasteiger partial charge in [0.2, 0.25) is 5.91 Å². The zero-order chi connectivity index (χ0) is 33.3. The van der Waals surface area contributed by atoms with Gasteiger partial charge < -0.3 is 36.1 Å². The molecule has 0 aromatic rings. The molecule has 0 aromatic carbocycles. The fourth-order valence-electron chi connectivity index (χ4n) is 7.89. The summed E-state index contributed by atoms with van der Waals surface area (Å²) < 4.78 is 10.9. The van der Waals surface area contributed by atoms with Gasteiger partial charge in [0.05, 0.1) is 36.8 Å². The summed E-state index contributed by atoms with van der Waals surface area (Å²) in [4.78, 5) is 29.6. The maximum Gasteiger partial charge on any atom is 0.271 e. The number of carbonyl (C=O) groups is 2. The maximum atomic E-state index is 14.5. The van der Waals surface area contributed by atoms with E-state index in [1.165, 1.54) is 19.3 Å². The molecule has 4 fully saturated rings. The summed E-state index contributed by atoms with van der Waals surface area (Å²) in [6.07, 6.45) is 8.73. The van der Waals surface area contributed by atoms with Gasteiger partial charge in [-0.2, -0.15) is 0 Å². The molecule has 3 saturated carbocycles. The third-order valence-electron chi connectivity index (χ3n) is 11.0. The number of ketones is 1. The average Bonchev–Trinajstić information content (AvgIpc) is 3.40. The van der Waals surface area contributed by atoms with Crippen molar-refractivity contribution in [2.24, 2.45) is 40.2 Å². The van der Waals surface area contributed by atoms with Gasteiger partial charge in [-0.3, -0.25) is 9.59 Å². The molecule has 4 rings (SSSR count). The van der Waals surface area contributed by atoms with Crippen molar-refractivity contribution in [3.63, 3.8) is 0 Å². The van der Waals surface area contributed by atoms with E-state index in [1.54, 1.807) is 7.11 Å². The normalized spacial score (nSPS) is 26.0. The van der Waals surface area contributed by atoms with Crippen LogP contribution in [0.25, 0.3) is 0 Å². The topological polar surface area (TPSA) is 118 Å². The van der Waals surface area contributed by atoms with Crippen LogP contribution in [0.4, 0.5) is 0 Å². The molecule has 0 radical (unpaired) electrons. The molecular formula is C36H59N5O4. The van der Waals surface area contributed by atoms with Crippen LogP contribution in [-0.2, 0) is 19.1 Å². The van der Waals surface area contributed by atoms with Gasteiger partial charge in [0.15, 0.2) is 5.78 Å². The fraction of sp³-hybridized carbons (Fsp3) is 0.722. The first-order chi connectivity index (χ1) is 21.1. The molecule has 3 aliphatic carbocycles. The zero-order valence-electron chi connectivity index (χ0n) is 28.7. The molecule has 0 spiro atoms. The Bertz CT molecular complexity index is 1160. The van der Waals surface area contributed by atoms with E-state index in [2.05, 4.69) is 76.9 Å². The molecule has 9 nitrogen and oxygen atoms in total. The van der Waals surface area contributed by atoms with E-state index in [4.69, 9.17) is 15.2 Å². The van der Waals surface area contributed by atoms with Crippen LogP contribution < -0.4 is 21.7 Å². The van der Waals surface area contributed by atoms with Crippen molar-refractivity contribution >= 4 is 11.7 Å². The highest BCUT2D eigenvalue weighted by Gasteiger charge is 2.68. The van der Waals surface area contributed by atoms with E-state index in [9.17, 15) is 9.59 Å². The molecule has 0 bridgehead atoms. The van der Waals surface area contributed by atoms with E-state index in [0.717, 1.165) is 25.7 Å². The van der Waals surface area contributed by atoms with Gasteiger partial charge in [-0.1, -0.05) is 86.5 Å². The summed E-state index contributed by atoms with van der Waals surface area (Å²) in [5.41, 5.74) is 6.33. The average molecular weight is 626 g/mol. The Morgan fingerprint density at radius 2 is 1.64 bits per heavy atom. The number of rotatable bonds is 17. The lowest BCUT2D eigenvalue weighted by molar-refractivity contribution is -0.137. The molecule has 45 heavy (non-hydrogen) atoms. The number of methoxy groups -OCH3 is 1. The summed E-state index contributed by atoms with van der Waals surface area (Å²) in [6, 6.07) is -1.24. The summed E-state index contributed by atoms with van der Waals surface area (Å²) in [6.45, 7) is 28.0. The van der Waals surface area contributed by atoms with Crippen molar-refractivity contribution in [3.05, 3.63) is 49.5 Å². The van der Waals surface area contributed by atoms with Crippen LogP contribution >= 0.6 is 0 Å². The lowest BCUT2D eigenvalue weighted by atomic mass is 9.79. The largest absolute Gasteiger partial charge is 0.469 e. The molecule has 5 N–H and O–H groups in total. The lowest BCUT2D eigenvalue weighted by Crippen LogP contribution is -2.58. The number of ether oxygens (including phenoxy) is 2. The predicted molar refractivity (Wildman–Crippen MR) is 179 cm³/mol. The van der Waals surface area contributed by atoms with E-state index < -0.39 is 17.5 Å². The van der Waals surface area contributed by atoms with Crippen LogP contribution in [0.5, 0.6) is 0 Å². The van der Waals surface area contributed by atoms with Gasteiger partial charge in [0.1, 0.15) is 12.6 Å². The zero-order valence-corrected chi connectivity index (χ0v) is 28.7. The Kier molecular flexibility index (Phi) is 10.6. The molecule has 6 atom stereocenters. The Morgan fingerprint density at radius 3 is 2.18 bits per heavy atom. The molecule has 4 aliphatic rings. The first-order valence-electron chi connectivity index (χ1n) is 16.9. The number of hydrogen-bond acceptors (Lipinski definition) is 8. The second-order valence-electron chi connectivity index (χ2n) is 15.6. The monoisotopic (exact) mass is 625 g/mol. The van der Waals surface area contributed by atoms with Gasteiger partial charge in [-0.05, 0) is 60.3 Å². The Hall–Kier alpha value is -3.10. The number of fused-ring (bicyclic) bond motifs is 1.